The number of rotatable bonds is 3. The fourth-order valence-electron chi connectivity index (χ4n) is 3.14. The second-order valence-corrected chi connectivity index (χ2v) is 7.56. The molecule has 3 heterocycles. The summed E-state index contributed by atoms with van der Waals surface area (Å²) in [6, 6.07) is 1.32. The molecule has 170 valence electrons. The van der Waals surface area contributed by atoms with Crippen LogP contribution in [0.2, 0.25) is 0 Å². The number of hydrogen-bond acceptors (Lipinski definition) is 10. The van der Waals surface area contributed by atoms with Crippen LogP contribution in [0.4, 0.5) is 9.59 Å². The van der Waals surface area contributed by atoms with E-state index in [9.17, 15) is 19.6 Å². The first-order valence-electron chi connectivity index (χ1n) is 9.36. The van der Waals surface area contributed by atoms with Crippen LogP contribution in [-0.4, -0.2) is 78.4 Å². The molecular formula is C18H24N4O9. The molecule has 0 unspecified atom stereocenters. The topological polar surface area (TPSA) is 141 Å². The lowest BCUT2D eigenvalue weighted by molar-refractivity contribution is -0.0232. The van der Waals surface area contributed by atoms with Crippen molar-refractivity contribution in [2.45, 2.75) is 32.5 Å². The van der Waals surface area contributed by atoms with E-state index < -0.39 is 36.7 Å². The molecule has 13 nitrogen and oxygen atoms in total. The van der Waals surface area contributed by atoms with Crippen LogP contribution in [0, 0.1) is 0 Å². The molecule has 1 N–H and O–H groups in total. The molecule has 0 radical (unpaired) electrons. The molecular weight excluding hydrogens is 416 g/mol. The summed E-state index contributed by atoms with van der Waals surface area (Å²) < 4.78 is 26.7. The number of nitrogens with zero attached hydrogens (tertiary/aromatic N) is 4. The van der Waals surface area contributed by atoms with Crippen molar-refractivity contribution in [3.8, 4) is 5.75 Å². The number of morpholine rings is 1. The minimum atomic E-state index is -1.00. The maximum absolute atomic E-state index is 13.3. The van der Waals surface area contributed by atoms with E-state index in [-0.39, 0.29) is 36.6 Å². The highest BCUT2D eigenvalue weighted by Gasteiger charge is 2.45. The number of carbonyl (C=O) groups excluding carboxylic acids is 3. The predicted octanol–water partition coefficient (Wildman–Crippen LogP) is 0.582. The minimum Gasteiger partial charge on any atom is -0.452 e. The number of carbonyl (C=O) groups is 3. The maximum Gasteiger partial charge on any atom is 0.510 e. The number of amides is 2. The van der Waals surface area contributed by atoms with Crippen LogP contribution >= 0.6 is 0 Å². The molecule has 1 aromatic rings. The Balaban J connectivity index is 2.09. The molecule has 0 bridgehead atoms. The molecule has 0 spiro atoms. The van der Waals surface area contributed by atoms with Gasteiger partial charge in [0.1, 0.15) is 11.0 Å². The zero-order valence-corrected chi connectivity index (χ0v) is 17.6. The zero-order valence-electron chi connectivity index (χ0n) is 17.6. The molecule has 1 saturated heterocycles. The highest BCUT2D eigenvalue weighted by atomic mass is 16.8. The fourth-order valence-corrected chi connectivity index (χ4v) is 3.14. The summed E-state index contributed by atoms with van der Waals surface area (Å²) in [6.07, 6.45) is -1.12. The zero-order chi connectivity index (χ0) is 22.8. The molecule has 3 rings (SSSR count). The van der Waals surface area contributed by atoms with E-state index in [4.69, 9.17) is 18.9 Å². The van der Waals surface area contributed by atoms with Crippen LogP contribution in [0.25, 0.3) is 0 Å². The van der Waals surface area contributed by atoms with Crippen LogP contribution in [0.15, 0.2) is 17.4 Å². The van der Waals surface area contributed by atoms with E-state index in [1.807, 2.05) is 0 Å². The number of methoxy groups -OCH3 is 1. The van der Waals surface area contributed by atoms with Gasteiger partial charge < -0.3 is 33.8 Å². The van der Waals surface area contributed by atoms with E-state index >= 15 is 0 Å². The van der Waals surface area contributed by atoms with Gasteiger partial charge in [0.25, 0.3) is 5.91 Å². The average Bonchev–Trinajstić information content (AvgIpc) is 2.72. The lowest BCUT2D eigenvalue weighted by atomic mass is 10.2. The lowest BCUT2D eigenvalue weighted by Gasteiger charge is -2.46. The molecule has 0 saturated carbocycles. The normalized spacial score (nSPS) is 18.8. The summed E-state index contributed by atoms with van der Waals surface area (Å²) in [4.78, 5) is 39.0. The molecule has 1 aromatic heterocycles. The van der Waals surface area contributed by atoms with Crippen molar-refractivity contribution in [3.05, 3.63) is 23.3 Å². The van der Waals surface area contributed by atoms with Gasteiger partial charge in [-0.25, -0.2) is 14.3 Å². The number of pyridine rings is 1. The summed E-state index contributed by atoms with van der Waals surface area (Å²) in [5, 5.41) is 13.6. The Hall–Kier alpha value is -3.48. The van der Waals surface area contributed by atoms with Crippen molar-refractivity contribution >= 4 is 18.2 Å². The third-order valence-corrected chi connectivity index (χ3v) is 4.37. The summed E-state index contributed by atoms with van der Waals surface area (Å²) in [6.45, 7) is 5.08. The molecule has 2 aliphatic heterocycles. The number of fused-ring (bicyclic) bond motifs is 2. The lowest BCUT2D eigenvalue weighted by Crippen LogP contribution is -2.67. The highest BCUT2D eigenvalue weighted by Crippen LogP contribution is 2.27. The molecule has 13 heteroatoms. The summed E-state index contributed by atoms with van der Waals surface area (Å²) in [7, 11) is 1.12. The molecule has 1 fully saturated rings. The summed E-state index contributed by atoms with van der Waals surface area (Å²) in [5.74, 6) is -0.691. The first-order chi connectivity index (χ1) is 14.7. The van der Waals surface area contributed by atoms with Crippen molar-refractivity contribution in [2.24, 2.45) is 5.16 Å². The van der Waals surface area contributed by atoms with Gasteiger partial charge in [-0.1, -0.05) is 5.16 Å². The van der Waals surface area contributed by atoms with Gasteiger partial charge in [0.05, 0.1) is 20.3 Å². The van der Waals surface area contributed by atoms with E-state index in [0.717, 1.165) is 7.11 Å². The maximum atomic E-state index is 13.3. The van der Waals surface area contributed by atoms with Crippen LogP contribution in [-0.2, 0) is 18.9 Å². The first-order valence-corrected chi connectivity index (χ1v) is 9.36. The molecule has 0 aromatic carbocycles. The Bertz CT molecular complexity index is 937. The van der Waals surface area contributed by atoms with Crippen molar-refractivity contribution in [2.75, 3.05) is 38.7 Å². The Kier molecular flexibility index (Phi) is 6.24. The van der Waals surface area contributed by atoms with E-state index in [1.54, 1.807) is 20.8 Å². The van der Waals surface area contributed by atoms with Gasteiger partial charge in [-0.3, -0.25) is 4.79 Å². The van der Waals surface area contributed by atoms with Gasteiger partial charge in [-0.2, -0.15) is 5.01 Å². The third-order valence-electron chi connectivity index (χ3n) is 4.37. The SMILES string of the molecule is COC(=O)OCOc1c2n(cc/c1=N\O)N(C(=O)OC(C)(C)C)[C@@H]1COCCN1C2=O. The van der Waals surface area contributed by atoms with Gasteiger partial charge in [-0.15, -0.1) is 0 Å². The van der Waals surface area contributed by atoms with Crippen molar-refractivity contribution in [3.63, 3.8) is 0 Å². The van der Waals surface area contributed by atoms with E-state index in [0.29, 0.717) is 0 Å². The monoisotopic (exact) mass is 440 g/mol. The highest BCUT2D eigenvalue weighted by molar-refractivity contribution is 5.98. The predicted molar refractivity (Wildman–Crippen MR) is 101 cm³/mol. The smallest absolute Gasteiger partial charge is 0.452 e. The van der Waals surface area contributed by atoms with Gasteiger partial charge in [0.2, 0.25) is 6.79 Å². The first kappa shape index (κ1) is 22.2. The standard InChI is InChI=1S/C18H24N4O9/c1-18(2,3)31-16(24)22-12-9-28-8-7-20(12)15(23)13-14(29-10-30-17(25)27-4)11(19-26)5-6-21(13)22/h5-6,12,26H,7-10H2,1-4H3/b19-11+/t12-/m1/s1. The van der Waals surface area contributed by atoms with Crippen molar-refractivity contribution in [1.82, 2.24) is 9.58 Å². The molecule has 1 atom stereocenters. The number of ether oxygens (including phenoxy) is 5. The molecule has 0 aliphatic carbocycles. The molecule has 2 amide bonds. The molecule has 2 aliphatic rings. The second-order valence-electron chi connectivity index (χ2n) is 7.56. The van der Waals surface area contributed by atoms with Gasteiger partial charge in [0.15, 0.2) is 17.6 Å². The number of hydrogen-bond donors (Lipinski definition) is 1. The van der Waals surface area contributed by atoms with E-state index in [1.165, 1.54) is 26.8 Å². The summed E-state index contributed by atoms with van der Waals surface area (Å²) in [5.41, 5.74) is -0.916. The van der Waals surface area contributed by atoms with Crippen LogP contribution < -0.4 is 15.1 Å². The quantitative estimate of drug-likeness (QED) is 0.309. The molecule has 31 heavy (non-hydrogen) atoms. The van der Waals surface area contributed by atoms with Crippen molar-refractivity contribution in [1.29, 1.82) is 0 Å². The summed E-state index contributed by atoms with van der Waals surface area (Å²) >= 11 is 0. The van der Waals surface area contributed by atoms with Crippen LogP contribution in [0.3, 0.4) is 0 Å². The Morgan fingerprint density at radius 1 is 1.35 bits per heavy atom. The van der Waals surface area contributed by atoms with Gasteiger partial charge in [0, 0.05) is 12.7 Å². The minimum absolute atomic E-state index is 0.0746. The Labute approximate surface area is 177 Å². The van der Waals surface area contributed by atoms with Gasteiger partial charge in [-0.05, 0) is 26.8 Å². The van der Waals surface area contributed by atoms with Gasteiger partial charge >= 0.3 is 12.2 Å². The third kappa shape index (κ3) is 4.50. The Morgan fingerprint density at radius 2 is 2.10 bits per heavy atom. The van der Waals surface area contributed by atoms with Crippen LogP contribution in [0.1, 0.15) is 31.3 Å². The van der Waals surface area contributed by atoms with Crippen LogP contribution in [0.5, 0.6) is 5.75 Å². The van der Waals surface area contributed by atoms with E-state index in [2.05, 4.69) is 9.89 Å². The average molecular weight is 440 g/mol. The number of aromatic nitrogens is 1. The Morgan fingerprint density at radius 3 is 2.74 bits per heavy atom. The second kappa shape index (κ2) is 8.71. The van der Waals surface area contributed by atoms with Crippen molar-refractivity contribution < 1.29 is 43.3 Å². The largest absolute Gasteiger partial charge is 0.510 e. The fraction of sp³-hybridized carbons (Fsp3) is 0.556.